The molecule has 2 aromatic carbocycles. The normalized spacial score (nSPS) is 24.3. The number of hydrogen-bond acceptors (Lipinski definition) is 4. The van der Waals surface area contributed by atoms with Gasteiger partial charge in [0.25, 0.3) is 5.91 Å². The third-order valence-corrected chi connectivity index (χ3v) is 5.89. The van der Waals surface area contributed by atoms with Gasteiger partial charge in [-0.2, -0.15) is 0 Å². The second-order valence-electron chi connectivity index (χ2n) is 7.75. The van der Waals surface area contributed by atoms with Gasteiger partial charge in [-0.25, -0.2) is 4.39 Å². The van der Waals surface area contributed by atoms with E-state index in [4.69, 9.17) is 9.47 Å². The van der Waals surface area contributed by atoms with Crippen molar-refractivity contribution in [2.45, 2.75) is 31.5 Å². The van der Waals surface area contributed by atoms with Crippen molar-refractivity contribution in [1.82, 2.24) is 9.80 Å². The summed E-state index contributed by atoms with van der Waals surface area (Å²) in [6, 6.07) is 12.6. The first-order chi connectivity index (χ1) is 13.7. The van der Waals surface area contributed by atoms with E-state index in [9.17, 15) is 9.18 Å². The minimum Gasteiger partial charge on any atom is -0.486 e. The number of hydrogen-bond donors (Lipinski definition) is 0. The van der Waals surface area contributed by atoms with Crippen molar-refractivity contribution >= 4 is 5.91 Å². The number of benzene rings is 2. The summed E-state index contributed by atoms with van der Waals surface area (Å²) in [4.78, 5) is 17.0. The molecule has 6 heteroatoms. The highest BCUT2D eigenvalue weighted by molar-refractivity contribution is 5.98. The Morgan fingerprint density at radius 2 is 1.96 bits per heavy atom. The molecule has 28 heavy (non-hydrogen) atoms. The van der Waals surface area contributed by atoms with Crippen molar-refractivity contribution in [3.8, 4) is 11.5 Å². The Balaban J connectivity index is 1.24. The summed E-state index contributed by atoms with van der Waals surface area (Å²) in [6.07, 6.45) is 1.93. The van der Waals surface area contributed by atoms with E-state index in [1.165, 1.54) is 6.07 Å². The van der Waals surface area contributed by atoms with E-state index in [1.54, 1.807) is 12.1 Å². The van der Waals surface area contributed by atoms with Crippen LogP contribution in [-0.2, 0) is 6.54 Å². The SMILES string of the molecule is O=C1c2cccc(F)c2CN1C1CCCN(CC2COc3ccccc3O2)C1. The molecular formula is C22H23FN2O3. The van der Waals surface area contributed by atoms with E-state index >= 15 is 0 Å². The van der Waals surface area contributed by atoms with E-state index in [-0.39, 0.29) is 23.9 Å². The number of carbonyl (C=O) groups is 1. The van der Waals surface area contributed by atoms with Gasteiger partial charge in [0.1, 0.15) is 18.5 Å². The van der Waals surface area contributed by atoms with Gasteiger partial charge in [0.05, 0.1) is 6.54 Å². The van der Waals surface area contributed by atoms with Crippen molar-refractivity contribution in [2.75, 3.05) is 26.2 Å². The Labute approximate surface area is 163 Å². The summed E-state index contributed by atoms with van der Waals surface area (Å²) >= 11 is 0. The van der Waals surface area contributed by atoms with Crippen LogP contribution >= 0.6 is 0 Å². The van der Waals surface area contributed by atoms with Crippen LogP contribution in [0.2, 0.25) is 0 Å². The molecule has 0 N–H and O–H groups in total. The van der Waals surface area contributed by atoms with Crippen LogP contribution in [0, 0.1) is 5.82 Å². The zero-order chi connectivity index (χ0) is 19.1. The number of rotatable bonds is 3. The molecule has 2 aromatic rings. The molecule has 3 aliphatic heterocycles. The Hall–Kier alpha value is -2.60. The fourth-order valence-corrected chi connectivity index (χ4v) is 4.50. The van der Waals surface area contributed by atoms with Crippen molar-refractivity contribution in [2.24, 2.45) is 0 Å². The molecule has 1 saturated heterocycles. The van der Waals surface area contributed by atoms with E-state index in [1.807, 2.05) is 29.2 Å². The van der Waals surface area contributed by atoms with Gasteiger partial charge in [-0.15, -0.1) is 0 Å². The van der Waals surface area contributed by atoms with Gasteiger partial charge in [0.15, 0.2) is 11.5 Å². The number of amides is 1. The van der Waals surface area contributed by atoms with Crippen LogP contribution < -0.4 is 9.47 Å². The smallest absolute Gasteiger partial charge is 0.254 e. The first-order valence-electron chi connectivity index (χ1n) is 9.88. The zero-order valence-corrected chi connectivity index (χ0v) is 15.6. The summed E-state index contributed by atoms with van der Waals surface area (Å²) in [5.41, 5.74) is 1.04. The molecule has 3 heterocycles. The second kappa shape index (κ2) is 7.09. The van der Waals surface area contributed by atoms with E-state index in [2.05, 4.69) is 4.90 Å². The van der Waals surface area contributed by atoms with Gasteiger partial charge >= 0.3 is 0 Å². The number of carbonyl (C=O) groups excluding carboxylic acids is 1. The fraction of sp³-hybridized carbons (Fsp3) is 0.409. The number of likely N-dealkylation sites (tertiary alicyclic amines) is 1. The number of nitrogens with zero attached hydrogens (tertiary/aromatic N) is 2. The molecule has 146 valence electrons. The second-order valence-corrected chi connectivity index (χ2v) is 7.75. The summed E-state index contributed by atoms with van der Waals surface area (Å²) in [5, 5.41) is 0. The quantitative estimate of drug-likeness (QED) is 0.818. The fourth-order valence-electron chi connectivity index (χ4n) is 4.50. The van der Waals surface area contributed by atoms with Gasteiger partial charge in [0.2, 0.25) is 0 Å². The lowest BCUT2D eigenvalue weighted by Gasteiger charge is -2.39. The monoisotopic (exact) mass is 382 g/mol. The average molecular weight is 382 g/mol. The standard InChI is InChI=1S/C22H23FN2O3/c23-19-7-3-6-17-18(19)13-25(22(17)26)15-5-4-10-24(11-15)12-16-14-27-20-8-1-2-9-21(20)28-16/h1-3,6-9,15-16H,4-5,10-14H2. The molecule has 1 amide bonds. The average Bonchev–Trinajstić information content (AvgIpc) is 3.06. The van der Waals surface area contributed by atoms with E-state index < -0.39 is 0 Å². The topological polar surface area (TPSA) is 42.0 Å². The molecule has 3 aliphatic rings. The van der Waals surface area contributed by atoms with Gasteiger partial charge in [-0.05, 0) is 43.7 Å². The molecule has 0 spiro atoms. The molecule has 0 saturated carbocycles. The van der Waals surface area contributed by atoms with E-state index in [0.29, 0.717) is 24.3 Å². The number of halogens is 1. The minimum absolute atomic E-state index is 0.0300. The summed E-state index contributed by atoms with van der Waals surface area (Å²) < 4.78 is 26.0. The minimum atomic E-state index is -0.285. The third-order valence-electron chi connectivity index (χ3n) is 5.89. The molecule has 0 aromatic heterocycles. The number of ether oxygens (including phenoxy) is 2. The highest BCUT2D eigenvalue weighted by Crippen LogP contribution is 2.32. The molecule has 0 bridgehead atoms. The Kier molecular flexibility index (Phi) is 4.43. The third kappa shape index (κ3) is 3.11. The maximum Gasteiger partial charge on any atom is 0.254 e. The van der Waals surface area contributed by atoms with Gasteiger partial charge in [-0.1, -0.05) is 18.2 Å². The maximum absolute atomic E-state index is 14.1. The van der Waals surface area contributed by atoms with Gasteiger partial charge < -0.3 is 14.4 Å². The maximum atomic E-state index is 14.1. The molecule has 0 aliphatic carbocycles. The van der Waals surface area contributed by atoms with Crippen molar-refractivity contribution in [1.29, 1.82) is 0 Å². The molecule has 5 rings (SSSR count). The summed E-state index contributed by atoms with van der Waals surface area (Å²) in [7, 11) is 0. The van der Waals surface area contributed by atoms with Crippen LogP contribution in [0.5, 0.6) is 11.5 Å². The lowest BCUT2D eigenvalue weighted by atomic mass is 10.0. The number of fused-ring (bicyclic) bond motifs is 2. The van der Waals surface area contributed by atoms with E-state index in [0.717, 1.165) is 44.0 Å². The van der Waals surface area contributed by atoms with Crippen LogP contribution in [0.4, 0.5) is 4.39 Å². The molecule has 1 fully saturated rings. The van der Waals surface area contributed by atoms with Gasteiger partial charge in [-0.3, -0.25) is 9.69 Å². The van der Waals surface area contributed by atoms with Crippen LogP contribution in [0.25, 0.3) is 0 Å². The predicted molar refractivity (Wildman–Crippen MR) is 102 cm³/mol. The first-order valence-corrected chi connectivity index (χ1v) is 9.88. The van der Waals surface area contributed by atoms with Crippen molar-refractivity contribution in [3.63, 3.8) is 0 Å². The number of piperidine rings is 1. The van der Waals surface area contributed by atoms with Gasteiger partial charge in [0, 0.05) is 30.3 Å². The highest BCUT2D eigenvalue weighted by atomic mass is 19.1. The Bertz CT molecular complexity index is 903. The summed E-state index contributed by atoms with van der Waals surface area (Å²) in [5.74, 6) is 1.24. The Morgan fingerprint density at radius 1 is 1.11 bits per heavy atom. The molecule has 2 unspecified atom stereocenters. The molecule has 5 nitrogen and oxygen atoms in total. The lowest BCUT2D eigenvalue weighted by Crippen LogP contribution is -2.51. The molecular weight excluding hydrogens is 359 g/mol. The first kappa shape index (κ1) is 17.5. The Morgan fingerprint density at radius 3 is 2.82 bits per heavy atom. The van der Waals surface area contributed by atoms with Crippen LogP contribution in [0.15, 0.2) is 42.5 Å². The molecule has 0 radical (unpaired) electrons. The highest BCUT2D eigenvalue weighted by Gasteiger charge is 2.37. The predicted octanol–water partition coefficient (Wildman–Crippen LogP) is 3.09. The van der Waals surface area contributed by atoms with Crippen LogP contribution in [-0.4, -0.2) is 54.1 Å². The largest absolute Gasteiger partial charge is 0.486 e. The number of para-hydroxylation sites is 2. The summed E-state index contributed by atoms with van der Waals surface area (Å²) in [6.45, 7) is 3.41. The molecule has 2 atom stereocenters. The van der Waals surface area contributed by atoms with Crippen molar-refractivity contribution < 1.29 is 18.7 Å². The van der Waals surface area contributed by atoms with Crippen molar-refractivity contribution in [3.05, 3.63) is 59.4 Å². The lowest BCUT2D eigenvalue weighted by molar-refractivity contribution is 0.0306. The zero-order valence-electron chi connectivity index (χ0n) is 15.6. The van der Waals surface area contributed by atoms with Crippen LogP contribution in [0.3, 0.4) is 0 Å². The van der Waals surface area contributed by atoms with Crippen LogP contribution in [0.1, 0.15) is 28.8 Å².